The van der Waals surface area contributed by atoms with E-state index < -0.39 is 5.41 Å². The molecule has 3 rings (SSSR count). The monoisotopic (exact) mass is 324 g/mol. The van der Waals surface area contributed by atoms with Crippen molar-refractivity contribution in [1.29, 1.82) is 0 Å². The molecule has 0 unspecified atom stereocenters. The standard InChI is InChI=1S/C20H24N2O2/c1-4-5-12-24-17-11-10-14-8-6-7-9-15(14)16(17)13-18-20(2,3)19(23)22-21-18/h6-11,13,21H,4-5,12H2,1-3H3,(H,22,23)/b18-13-. The first-order valence-corrected chi connectivity index (χ1v) is 8.47. The van der Waals surface area contributed by atoms with E-state index in [1.54, 1.807) is 0 Å². The summed E-state index contributed by atoms with van der Waals surface area (Å²) in [6.45, 7) is 6.67. The van der Waals surface area contributed by atoms with Crippen molar-refractivity contribution in [2.45, 2.75) is 33.6 Å². The number of unbranched alkanes of at least 4 members (excludes halogenated alkanes) is 1. The number of hydrazine groups is 1. The molecule has 1 aliphatic rings. The zero-order valence-corrected chi connectivity index (χ0v) is 14.5. The minimum atomic E-state index is -0.586. The van der Waals surface area contributed by atoms with Gasteiger partial charge in [0.1, 0.15) is 5.75 Å². The van der Waals surface area contributed by atoms with Crippen LogP contribution in [0.5, 0.6) is 5.75 Å². The molecule has 126 valence electrons. The number of rotatable bonds is 5. The van der Waals surface area contributed by atoms with Crippen molar-refractivity contribution in [2.24, 2.45) is 5.41 Å². The second-order valence-corrected chi connectivity index (χ2v) is 6.66. The Bertz CT molecular complexity index is 793. The van der Waals surface area contributed by atoms with Crippen LogP contribution < -0.4 is 15.6 Å². The third kappa shape index (κ3) is 2.96. The van der Waals surface area contributed by atoms with E-state index in [0.717, 1.165) is 40.6 Å². The van der Waals surface area contributed by atoms with Crippen molar-refractivity contribution in [3.05, 3.63) is 47.7 Å². The molecule has 1 heterocycles. The summed E-state index contributed by atoms with van der Waals surface area (Å²) in [5, 5.41) is 2.28. The van der Waals surface area contributed by atoms with Crippen LogP contribution in [0.15, 0.2) is 42.1 Å². The van der Waals surface area contributed by atoms with Gasteiger partial charge in [0.25, 0.3) is 0 Å². The maximum atomic E-state index is 12.0. The fourth-order valence-corrected chi connectivity index (χ4v) is 2.80. The Morgan fingerprint density at radius 2 is 1.92 bits per heavy atom. The molecule has 1 fully saturated rings. The average Bonchev–Trinajstić information content (AvgIpc) is 2.83. The lowest BCUT2D eigenvalue weighted by atomic mass is 9.88. The Balaban J connectivity index is 2.10. The lowest BCUT2D eigenvalue weighted by molar-refractivity contribution is -0.125. The molecule has 2 aromatic rings. The maximum absolute atomic E-state index is 12.0. The van der Waals surface area contributed by atoms with Crippen LogP contribution in [0.4, 0.5) is 0 Å². The predicted octanol–water partition coefficient (Wildman–Crippen LogP) is 4.02. The zero-order valence-electron chi connectivity index (χ0n) is 14.5. The second-order valence-electron chi connectivity index (χ2n) is 6.66. The van der Waals surface area contributed by atoms with E-state index in [2.05, 4.69) is 36.0 Å². The van der Waals surface area contributed by atoms with Crippen LogP contribution in [-0.2, 0) is 4.79 Å². The van der Waals surface area contributed by atoms with Gasteiger partial charge in [-0.1, -0.05) is 43.7 Å². The summed E-state index contributed by atoms with van der Waals surface area (Å²) in [6, 6.07) is 12.3. The van der Waals surface area contributed by atoms with Gasteiger partial charge in [-0.05, 0) is 43.2 Å². The number of fused-ring (bicyclic) bond motifs is 1. The van der Waals surface area contributed by atoms with E-state index in [1.165, 1.54) is 0 Å². The van der Waals surface area contributed by atoms with Crippen LogP contribution in [0.1, 0.15) is 39.2 Å². The Hall–Kier alpha value is -2.49. The van der Waals surface area contributed by atoms with Gasteiger partial charge in [-0.25, -0.2) is 0 Å². The molecule has 2 N–H and O–H groups in total. The van der Waals surface area contributed by atoms with Crippen LogP contribution in [0, 0.1) is 5.41 Å². The van der Waals surface area contributed by atoms with Crippen LogP contribution >= 0.6 is 0 Å². The van der Waals surface area contributed by atoms with E-state index in [1.807, 2.05) is 38.1 Å². The van der Waals surface area contributed by atoms with Gasteiger partial charge in [0.05, 0.1) is 12.0 Å². The van der Waals surface area contributed by atoms with Gasteiger partial charge in [-0.2, -0.15) is 0 Å². The van der Waals surface area contributed by atoms with Gasteiger partial charge in [0, 0.05) is 11.3 Å². The third-order valence-corrected chi connectivity index (χ3v) is 4.53. The molecular weight excluding hydrogens is 300 g/mol. The average molecular weight is 324 g/mol. The van der Waals surface area contributed by atoms with Gasteiger partial charge in [-0.15, -0.1) is 0 Å². The highest BCUT2D eigenvalue weighted by Gasteiger charge is 2.38. The Kier molecular flexibility index (Phi) is 4.47. The number of benzene rings is 2. The van der Waals surface area contributed by atoms with Crippen molar-refractivity contribution in [1.82, 2.24) is 10.9 Å². The van der Waals surface area contributed by atoms with Crippen LogP contribution in [0.25, 0.3) is 16.8 Å². The zero-order chi connectivity index (χ0) is 17.2. The Morgan fingerprint density at radius 1 is 1.12 bits per heavy atom. The van der Waals surface area contributed by atoms with Gasteiger partial charge in [0.2, 0.25) is 5.91 Å². The highest BCUT2D eigenvalue weighted by atomic mass is 16.5. The molecule has 1 amide bonds. The van der Waals surface area contributed by atoms with Crippen molar-refractivity contribution in [3.63, 3.8) is 0 Å². The number of hydrogen-bond donors (Lipinski definition) is 2. The summed E-state index contributed by atoms with van der Waals surface area (Å²) in [6.07, 6.45) is 4.14. The molecule has 24 heavy (non-hydrogen) atoms. The first-order chi connectivity index (χ1) is 11.5. The number of hydrogen-bond acceptors (Lipinski definition) is 3. The highest BCUT2D eigenvalue weighted by molar-refractivity contribution is 5.95. The molecule has 4 nitrogen and oxygen atoms in total. The summed E-state index contributed by atoms with van der Waals surface area (Å²) < 4.78 is 6.01. The summed E-state index contributed by atoms with van der Waals surface area (Å²) in [5.74, 6) is 0.828. The molecule has 0 saturated carbocycles. The van der Waals surface area contributed by atoms with Gasteiger partial charge in [0.15, 0.2) is 0 Å². The highest BCUT2D eigenvalue weighted by Crippen LogP contribution is 2.35. The number of ether oxygens (including phenoxy) is 1. The summed E-state index contributed by atoms with van der Waals surface area (Å²) in [7, 11) is 0. The van der Waals surface area contributed by atoms with E-state index in [-0.39, 0.29) is 5.91 Å². The normalized spacial score (nSPS) is 17.8. The molecule has 4 heteroatoms. The molecule has 1 aliphatic heterocycles. The minimum Gasteiger partial charge on any atom is -0.493 e. The van der Waals surface area contributed by atoms with E-state index in [4.69, 9.17) is 4.74 Å². The first kappa shape index (κ1) is 16.4. The van der Waals surface area contributed by atoms with Gasteiger partial charge < -0.3 is 10.2 Å². The lowest BCUT2D eigenvalue weighted by Gasteiger charge is -2.17. The molecule has 0 aliphatic carbocycles. The quantitative estimate of drug-likeness (QED) is 0.817. The molecular formula is C20H24N2O2. The number of carbonyl (C=O) groups is 1. The summed E-state index contributed by atoms with van der Waals surface area (Å²) in [5.41, 5.74) is 6.99. The van der Waals surface area contributed by atoms with E-state index >= 15 is 0 Å². The summed E-state index contributed by atoms with van der Waals surface area (Å²) >= 11 is 0. The molecule has 0 spiro atoms. The van der Waals surface area contributed by atoms with Crippen LogP contribution in [-0.4, -0.2) is 12.5 Å². The van der Waals surface area contributed by atoms with Crippen LogP contribution in [0.2, 0.25) is 0 Å². The smallest absolute Gasteiger partial charge is 0.249 e. The van der Waals surface area contributed by atoms with Crippen LogP contribution in [0.3, 0.4) is 0 Å². The van der Waals surface area contributed by atoms with Gasteiger partial charge in [-0.3, -0.25) is 10.2 Å². The SMILES string of the molecule is CCCCOc1ccc2ccccc2c1/C=C1\NNC(=O)C1(C)C. The fourth-order valence-electron chi connectivity index (χ4n) is 2.80. The molecule has 2 aromatic carbocycles. The number of nitrogens with one attached hydrogen (secondary N) is 2. The molecule has 1 saturated heterocycles. The lowest BCUT2D eigenvalue weighted by Crippen LogP contribution is -2.28. The van der Waals surface area contributed by atoms with Crippen molar-refractivity contribution in [3.8, 4) is 5.75 Å². The van der Waals surface area contributed by atoms with Crippen molar-refractivity contribution in [2.75, 3.05) is 6.61 Å². The van der Waals surface area contributed by atoms with E-state index in [0.29, 0.717) is 6.61 Å². The number of carbonyl (C=O) groups excluding carboxylic acids is 1. The van der Waals surface area contributed by atoms with Crippen molar-refractivity contribution < 1.29 is 9.53 Å². The third-order valence-electron chi connectivity index (χ3n) is 4.53. The minimum absolute atomic E-state index is 0.0255. The number of amides is 1. The molecule has 0 radical (unpaired) electrons. The first-order valence-electron chi connectivity index (χ1n) is 8.47. The van der Waals surface area contributed by atoms with E-state index in [9.17, 15) is 4.79 Å². The molecule has 0 bridgehead atoms. The topological polar surface area (TPSA) is 50.4 Å². The predicted molar refractivity (Wildman–Crippen MR) is 97.4 cm³/mol. The molecule has 0 atom stereocenters. The second kappa shape index (κ2) is 6.56. The van der Waals surface area contributed by atoms with Crippen molar-refractivity contribution >= 4 is 22.8 Å². The van der Waals surface area contributed by atoms with Gasteiger partial charge >= 0.3 is 0 Å². The maximum Gasteiger partial charge on any atom is 0.249 e. The Morgan fingerprint density at radius 3 is 2.62 bits per heavy atom. The largest absolute Gasteiger partial charge is 0.493 e. The fraction of sp³-hybridized carbons (Fsp3) is 0.350. The summed E-state index contributed by atoms with van der Waals surface area (Å²) in [4.78, 5) is 12.0. The molecule has 0 aromatic heterocycles. The Labute approximate surface area is 142 Å².